The van der Waals surface area contributed by atoms with Gasteiger partial charge in [0, 0.05) is 0 Å². The monoisotopic (exact) mass is 152 g/mol. The van der Waals surface area contributed by atoms with Gasteiger partial charge >= 0.3 is 0 Å². The topological polar surface area (TPSA) is 38.2 Å². The van der Waals surface area contributed by atoms with Crippen LogP contribution in [-0.4, -0.2) is 25.0 Å². The third-order valence-electron chi connectivity index (χ3n) is 1.58. The maximum absolute atomic E-state index is 2.39. The number of hydrogen-bond acceptors (Lipinski definition) is 2. The van der Waals surface area contributed by atoms with E-state index in [2.05, 4.69) is 11.9 Å². The van der Waals surface area contributed by atoms with Crippen LogP contribution in [0.25, 0.3) is 0 Å². The minimum Gasteiger partial charge on any atom is -0.344 e. The average molecular weight is 153 g/mol. The number of rotatable bonds is 0. The molecule has 3 heteroatoms. The number of nitrogens with zero attached hydrogens (tertiary/aromatic N) is 1. The van der Waals surface area contributed by atoms with Crippen molar-refractivity contribution in [2.24, 2.45) is 0 Å². The molecule has 0 aliphatic carbocycles. The molecule has 58 valence electrons. The molecule has 0 radical (unpaired) electrons. The molecule has 0 aromatic rings. The Morgan fingerprint density at radius 3 is 1.67 bits per heavy atom. The molecule has 0 spiro atoms. The fourth-order valence-electron chi connectivity index (χ4n) is 1.05. The van der Waals surface area contributed by atoms with E-state index in [1.54, 1.807) is 0 Å². The van der Waals surface area contributed by atoms with Gasteiger partial charge in [0.25, 0.3) is 0 Å². The first-order valence-electron chi connectivity index (χ1n) is 3.08. The van der Waals surface area contributed by atoms with Crippen LogP contribution in [0.5, 0.6) is 0 Å². The zero-order chi connectivity index (χ0) is 5.11. The Bertz CT molecular complexity index is 53.0. The van der Waals surface area contributed by atoms with Gasteiger partial charge in [0.15, 0.2) is 0 Å². The maximum Gasteiger partial charge on any atom is -0.00218 e. The molecule has 9 heavy (non-hydrogen) atoms. The Morgan fingerprint density at radius 2 is 1.44 bits per heavy atom. The standard InChI is InChI=1S/C6H13N.ClH.H3N/c1-7-5-3-2-4-6-7;;/h2-6H2,1H3;1H;1H3. The van der Waals surface area contributed by atoms with Crippen LogP contribution >= 0.6 is 12.4 Å². The highest BCUT2D eigenvalue weighted by Crippen LogP contribution is 2.04. The summed E-state index contributed by atoms with van der Waals surface area (Å²) in [5, 5.41) is 0. The van der Waals surface area contributed by atoms with Gasteiger partial charge in [-0.2, -0.15) is 0 Å². The number of halogens is 1. The predicted octanol–water partition coefficient (Wildman–Crippen LogP) is 1.69. The van der Waals surface area contributed by atoms with E-state index in [9.17, 15) is 0 Å². The molecule has 2 nitrogen and oxygen atoms in total. The summed E-state index contributed by atoms with van der Waals surface area (Å²) in [5.74, 6) is 0. The molecule has 1 aliphatic rings. The Hall–Kier alpha value is 0.210. The molecule has 0 aromatic heterocycles. The summed E-state index contributed by atoms with van der Waals surface area (Å²) in [5.41, 5.74) is 0. The summed E-state index contributed by atoms with van der Waals surface area (Å²) in [6, 6.07) is 0. The van der Waals surface area contributed by atoms with Crippen LogP contribution in [0.2, 0.25) is 0 Å². The first-order chi connectivity index (χ1) is 3.39. The average Bonchev–Trinajstić information content (AvgIpc) is 1.69. The molecule has 0 unspecified atom stereocenters. The lowest BCUT2D eigenvalue weighted by Crippen LogP contribution is -2.24. The van der Waals surface area contributed by atoms with E-state index in [1.807, 2.05) is 0 Å². The van der Waals surface area contributed by atoms with Gasteiger partial charge < -0.3 is 11.1 Å². The van der Waals surface area contributed by atoms with Crippen molar-refractivity contribution in [3.8, 4) is 0 Å². The third-order valence-corrected chi connectivity index (χ3v) is 1.58. The van der Waals surface area contributed by atoms with Crippen molar-refractivity contribution >= 4 is 12.4 Å². The Balaban J connectivity index is 0. The van der Waals surface area contributed by atoms with Gasteiger partial charge in [-0.05, 0) is 33.0 Å². The van der Waals surface area contributed by atoms with E-state index >= 15 is 0 Å². The fourth-order valence-corrected chi connectivity index (χ4v) is 1.05. The molecular formula is C6H17ClN2. The zero-order valence-corrected chi connectivity index (χ0v) is 6.91. The molecule has 1 fully saturated rings. The van der Waals surface area contributed by atoms with Crippen molar-refractivity contribution in [2.75, 3.05) is 20.1 Å². The van der Waals surface area contributed by atoms with Gasteiger partial charge in [0.2, 0.25) is 0 Å². The number of likely N-dealkylation sites (tertiary alicyclic amines) is 1. The lowest BCUT2D eigenvalue weighted by molar-refractivity contribution is 0.277. The van der Waals surface area contributed by atoms with Crippen LogP contribution in [0, 0.1) is 0 Å². The summed E-state index contributed by atoms with van der Waals surface area (Å²) in [4.78, 5) is 2.39. The maximum atomic E-state index is 2.39. The van der Waals surface area contributed by atoms with E-state index in [4.69, 9.17) is 0 Å². The normalized spacial score (nSPS) is 19.7. The second kappa shape index (κ2) is 6.33. The SMILES string of the molecule is CN1CCCCC1.Cl.N. The van der Waals surface area contributed by atoms with Gasteiger partial charge in [-0.3, -0.25) is 0 Å². The summed E-state index contributed by atoms with van der Waals surface area (Å²) >= 11 is 0. The lowest BCUT2D eigenvalue weighted by atomic mass is 10.1. The van der Waals surface area contributed by atoms with E-state index in [0.717, 1.165) is 0 Å². The minimum atomic E-state index is 0. The Kier molecular flexibility index (Phi) is 8.40. The zero-order valence-electron chi connectivity index (χ0n) is 6.10. The lowest BCUT2D eigenvalue weighted by Gasteiger charge is -2.20. The van der Waals surface area contributed by atoms with Crippen molar-refractivity contribution in [2.45, 2.75) is 19.3 Å². The van der Waals surface area contributed by atoms with E-state index in [1.165, 1.54) is 32.4 Å². The second-order valence-corrected chi connectivity index (χ2v) is 2.36. The minimum absolute atomic E-state index is 0. The van der Waals surface area contributed by atoms with Gasteiger partial charge in [-0.1, -0.05) is 6.42 Å². The van der Waals surface area contributed by atoms with Crippen molar-refractivity contribution in [1.29, 1.82) is 0 Å². The van der Waals surface area contributed by atoms with Crippen LogP contribution in [0.1, 0.15) is 19.3 Å². The molecule has 1 rings (SSSR count). The quantitative estimate of drug-likeness (QED) is 0.574. The van der Waals surface area contributed by atoms with Crippen LogP contribution in [0.3, 0.4) is 0 Å². The molecule has 1 heterocycles. The van der Waals surface area contributed by atoms with Crippen LogP contribution in [-0.2, 0) is 0 Å². The predicted molar refractivity (Wildman–Crippen MR) is 43.6 cm³/mol. The molecule has 0 amide bonds. The van der Waals surface area contributed by atoms with Crippen molar-refractivity contribution in [3.63, 3.8) is 0 Å². The number of hydrogen-bond donors (Lipinski definition) is 1. The van der Waals surface area contributed by atoms with Gasteiger partial charge in [0.1, 0.15) is 0 Å². The van der Waals surface area contributed by atoms with E-state index < -0.39 is 0 Å². The summed E-state index contributed by atoms with van der Waals surface area (Å²) in [6.45, 7) is 2.64. The van der Waals surface area contributed by atoms with Crippen molar-refractivity contribution < 1.29 is 0 Å². The molecule has 1 aliphatic heterocycles. The van der Waals surface area contributed by atoms with Gasteiger partial charge in [-0.25, -0.2) is 0 Å². The molecule has 0 saturated carbocycles. The van der Waals surface area contributed by atoms with Crippen LogP contribution in [0.15, 0.2) is 0 Å². The largest absolute Gasteiger partial charge is 0.344 e. The number of piperidine rings is 1. The molecule has 1 saturated heterocycles. The molecule has 0 bridgehead atoms. The van der Waals surface area contributed by atoms with E-state index in [0.29, 0.717) is 0 Å². The molecule has 0 atom stereocenters. The molecular weight excluding hydrogens is 136 g/mol. The third kappa shape index (κ3) is 4.70. The Labute approximate surface area is 63.6 Å². The van der Waals surface area contributed by atoms with Gasteiger partial charge in [0.05, 0.1) is 0 Å². The highest BCUT2D eigenvalue weighted by Gasteiger charge is 2.02. The summed E-state index contributed by atoms with van der Waals surface area (Å²) in [6.07, 6.45) is 4.28. The Morgan fingerprint density at radius 1 is 1.00 bits per heavy atom. The summed E-state index contributed by atoms with van der Waals surface area (Å²) < 4.78 is 0. The first kappa shape index (κ1) is 11.9. The van der Waals surface area contributed by atoms with Crippen molar-refractivity contribution in [3.05, 3.63) is 0 Å². The van der Waals surface area contributed by atoms with Gasteiger partial charge in [-0.15, -0.1) is 12.4 Å². The first-order valence-corrected chi connectivity index (χ1v) is 3.08. The van der Waals surface area contributed by atoms with Crippen molar-refractivity contribution in [1.82, 2.24) is 11.1 Å². The van der Waals surface area contributed by atoms with Crippen LogP contribution in [0.4, 0.5) is 0 Å². The van der Waals surface area contributed by atoms with E-state index in [-0.39, 0.29) is 18.6 Å². The molecule has 0 aromatic carbocycles. The molecule has 3 N–H and O–H groups in total. The summed E-state index contributed by atoms with van der Waals surface area (Å²) in [7, 11) is 2.19. The smallest absolute Gasteiger partial charge is 0.00218 e. The fraction of sp³-hybridized carbons (Fsp3) is 1.00. The highest BCUT2D eigenvalue weighted by atomic mass is 35.5. The highest BCUT2D eigenvalue weighted by molar-refractivity contribution is 5.85. The second-order valence-electron chi connectivity index (χ2n) is 2.36. The van der Waals surface area contributed by atoms with Crippen LogP contribution < -0.4 is 6.15 Å².